The monoisotopic (exact) mass is 394 g/mol. The summed E-state index contributed by atoms with van der Waals surface area (Å²) in [5, 5.41) is 11.6. The second-order valence-electron chi connectivity index (χ2n) is 4.93. The number of amides is 1. The highest BCUT2D eigenvalue weighted by molar-refractivity contribution is 7.99. The lowest BCUT2D eigenvalue weighted by Crippen LogP contribution is -2.14. The highest BCUT2D eigenvalue weighted by Crippen LogP contribution is 2.30. The van der Waals surface area contributed by atoms with Crippen molar-refractivity contribution in [3.8, 4) is 11.5 Å². The number of nitrogen functional groups attached to an aromatic ring is 1. The Morgan fingerprint density at radius 3 is 2.48 bits per heavy atom. The van der Waals surface area contributed by atoms with Crippen molar-refractivity contribution in [1.82, 2.24) is 10.2 Å². The maximum absolute atomic E-state index is 12.1. The number of carbonyl (C=O) groups is 1. The minimum Gasteiger partial charge on any atom is -0.411 e. The first-order chi connectivity index (χ1) is 12.0. The topological polar surface area (TPSA) is 94.0 Å². The molecule has 0 saturated heterocycles. The van der Waals surface area contributed by atoms with Crippen LogP contribution in [0.25, 0.3) is 11.5 Å². The molecule has 2 aromatic carbocycles. The number of nitrogens with one attached hydrogen (secondary N) is 1. The Hall–Kier alpha value is -2.22. The number of hydrogen-bond acceptors (Lipinski definition) is 6. The molecule has 3 aromatic rings. The molecule has 0 saturated carbocycles. The minimum atomic E-state index is -0.285. The molecule has 3 N–H and O–H groups in total. The van der Waals surface area contributed by atoms with Gasteiger partial charge in [-0.3, -0.25) is 4.79 Å². The number of aromatic nitrogens is 2. The molecule has 9 heteroatoms. The molecule has 0 aliphatic rings. The number of halogens is 2. The second-order valence-corrected chi connectivity index (χ2v) is 6.67. The smallest absolute Gasteiger partial charge is 0.277 e. The van der Waals surface area contributed by atoms with Crippen molar-refractivity contribution in [3.05, 3.63) is 52.5 Å². The third-order valence-corrected chi connectivity index (χ3v) is 4.57. The van der Waals surface area contributed by atoms with Gasteiger partial charge >= 0.3 is 0 Å². The van der Waals surface area contributed by atoms with Crippen LogP contribution in [-0.2, 0) is 4.79 Å². The number of carbonyl (C=O) groups excluding carboxylic acids is 1. The van der Waals surface area contributed by atoms with E-state index in [1.54, 1.807) is 42.5 Å². The minimum absolute atomic E-state index is 0.0743. The summed E-state index contributed by atoms with van der Waals surface area (Å²) in [7, 11) is 0. The molecular formula is C16H12Cl2N4O2S. The molecule has 0 aliphatic carbocycles. The van der Waals surface area contributed by atoms with Crippen LogP contribution in [0.3, 0.4) is 0 Å². The number of nitrogens with zero attached hydrogens (tertiary/aromatic N) is 2. The normalized spacial score (nSPS) is 10.6. The van der Waals surface area contributed by atoms with Crippen molar-refractivity contribution in [2.75, 3.05) is 16.8 Å². The van der Waals surface area contributed by atoms with E-state index in [1.165, 1.54) is 0 Å². The first-order valence-electron chi connectivity index (χ1n) is 7.09. The van der Waals surface area contributed by atoms with Gasteiger partial charge in [0.15, 0.2) is 0 Å². The average Bonchev–Trinajstić information content (AvgIpc) is 3.06. The Bertz CT molecular complexity index is 879. The van der Waals surface area contributed by atoms with Gasteiger partial charge < -0.3 is 15.5 Å². The van der Waals surface area contributed by atoms with Crippen molar-refractivity contribution in [2.45, 2.75) is 5.22 Å². The van der Waals surface area contributed by atoms with Gasteiger partial charge in [-0.2, -0.15) is 0 Å². The zero-order chi connectivity index (χ0) is 17.8. The average molecular weight is 395 g/mol. The van der Waals surface area contributed by atoms with Crippen molar-refractivity contribution >= 4 is 52.2 Å². The summed E-state index contributed by atoms with van der Waals surface area (Å²) in [4.78, 5) is 12.1. The largest absolute Gasteiger partial charge is 0.411 e. The molecule has 1 amide bonds. The van der Waals surface area contributed by atoms with Crippen LogP contribution in [0.1, 0.15) is 0 Å². The Kier molecular flexibility index (Phi) is 5.47. The molecule has 3 rings (SSSR count). The van der Waals surface area contributed by atoms with Crippen LogP contribution in [0.15, 0.2) is 52.1 Å². The molecule has 0 fully saturated rings. The van der Waals surface area contributed by atoms with Crippen LogP contribution in [0.5, 0.6) is 0 Å². The SMILES string of the molecule is Nc1ccc(-c2nnc(SCC(=O)Nc3c(Cl)cccc3Cl)o2)cc1. The van der Waals surface area contributed by atoms with Crippen LogP contribution < -0.4 is 11.1 Å². The highest BCUT2D eigenvalue weighted by Gasteiger charge is 2.13. The lowest BCUT2D eigenvalue weighted by molar-refractivity contribution is -0.113. The number of para-hydroxylation sites is 1. The lowest BCUT2D eigenvalue weighted by atomic mass is 10.2. The van der Waals surface area contributed by atoms with E-state index in [0.29, 0.717) is 27.3 Å². The van der Waals surface area contributed by atoms with Crippen LogP contribution in [-0.4, -0.2) is 21.9 Å². The summed E-state index contributed by atoms with van der Waals surface area (Å²) >= 11 is 13.1. The van der Waals surface area contributed by atoms with Gasteiger partial charge in [0.05, 0.1) is 21.5 Å². The van der Waals surface area contributed by atoms with Crippen LogP contribution in [0.4, 0.5) is 11.4 Å². The van der Waals surface area contributed by atoms with Crippen LogP contribution in [0.2, 0.25) is 10.0 Å². The van der Waals surface area contributed by atoms with E-state index < -0.39 is 0 Å². The van der Waals surface area contributed by atoms with Crippen molar-refractivity contribution in [3.63, 3.8) is 0 Å². The first kappa shape index (κ1) is 17.6. The van der Waals surface area contributed by atoms with Crippen molar-refractivity contribution < 1.29 is 9.21 Å². The number of rotatable bonds is 5. The fourth-order valence-electron chi connectivity index (χ4n) is 1.93. The van der Waals surface area contributed by atoms with E-state index in [2.05, 4.69) is 15.5 Å². The zero-order valence-electron chi connectivity index (χ0n) is 12.7. The maximum atomic E-state index is 12.1. The molecule has 0 spiro atoms. The van der Waals surface area contributed by atoms with E-state index in [0.717, 1.165) is 17.3 Å². The van der Waals surface area contributed by atoms with Gasteiger partial charge in [0, 0.05) is 11.3 Å². The molecule has 0 radical (unpaired) electrons. The number of nitrogens with two attached hydrogens (primary N) is 1. The molecular weight excluding hydrogens is 383 g/mol. The summed E-state index contributed by atoms with van der Waals surface area (Å²) in [6, 6.07) is 12.0. The molecule has 1 heterocycles. The molecule has 0 atom stereocenters. The molecule has 128 valence electrons. The predicted molar refractivity (Wildman–Crippen MR) is 100.0 cm³/mol. The van der Waals surface area contributed by atoms with Crippen molar-refractivity contribution in [1.29, 1.82) is 0 Å². The fourth-order valence-corrected chi connectivity index (χ4v) is 2.99. The Morgan fingerprint density at radius 2 is 1.80 bits per heavy atom. The molecule has 1 aromatic heterocycles. The van der Waals surface area contributed by atoms with Gasteiger partial charge in [-0.25, -0.2) is 0 Å². The molecule has 0 unspecified atom stereocenters. The van der Waals surface area contributed by atoms with Gasteiger partial charge in [0.1, 0.15) is 0 Å². The van der Waals surface area contributed by atoms with Crippen LogP contribution in [0, 0.1) is 0 Å². The van der Waals surface area contributed by atoms with E-state index in [1.807, 2.05) is 0 Å². The third kappa shape index (κ3) is 4.45. The molecule has 25 heavy (non-hydrogen) atoms. The van der Waals surface area contributed by atoms with Crippen molar-refractivity contribution in [2.24, 2.45) is 0 Å². The predicted octanol–water partition coefficient (Wildman–Crippen LogP) is 4.36. The fraction of sp³-hybridized carbons (Fsp3) is 0.0625. The molecule has 6 nitrogen and oxygen atoms in total. The van der Waals surface area contributed by atoms with E-state index in [9.17, 15) is 4.79 Å². The van der Waals surface area contributed by atoms with E-state index >= 15 is 0 Å². The summed E-state index contributed by atoms with van der Waals surface area (Å²) in [5.74, 6) is 0.148. The number of hydrogen-bond donors (Lipinski definition) is 2. The van der Waals surface area contributed by atoms with Gasteiger partial charge in [-0.15, -0.1) is 10.2 Å². The quantitative estimate of drug-likeness (QED) is 0.493. The van der Waals surface area contributed by atoms with Gasteiger partial charge in [0.25, 0.3) is 5.22 Å². The van der Waals surface area contributed by atoms with E-state index in [-0.39, 0.29) is 16.9 Å². The van der Waals surface area contributed by atoms with Gasteiger partial charge in [-0.05, 0) is 36.4 Å². The summed E-state index contributed by atoms with van der Waals surface area (Å²) in [5.41, 5.74) is 7.42. The van der Waals surface area contributed by atoms with Gasteiger partial charge in [-0.1, -0.05) is 41.0 Å². The number of anilines is 2. The van der Waals surface area contributed by atoms with Gasteiger partial charge in [0.2, 0.25) is 11.8 Å². The van der Waals surface area contributed by atoms with E-state index in [4.69, 9.17) is 33.4 Å². The molecule has 0 aliphatic heterocycles. The van der Waals surface area contributed by atoms with Crippen LogP contribution >= 0.6 is 35.0 Å². The highest BCUT2D eigenvalue weighted by atomic mass is 35.5. The summed E-state index contributed by atoms with van der Waals surface area (Å²) < 4.78 is 5.53. The first-order valence-corrected chi connectivity index (χ1v) is 8.83. The summed E-state index contributed by atoms with van der Waals surface area (Å²) in [6.45, 7) is 0. The number of benzene rings is 2. The zero-order valence-corrected chi connectivity index (χ0v) is 15.0. The molecule has 0 bridgehead atoms. The second kappa shape index (κ2) is 7.77. The Labute approximate surface area is 157 Å². The Balaban J connectivity index is 1.60. The Morgan fingerprint density at radius 1 is 1.12 bits per heavy atom. The third-order valence-electron chi connectivity index (χ3n) is 3.12. The summed E-state index contributed by atoms with van der Waals surface area (Å²) in [6.07, 6.45) is 0. The lowest BCUT2D eigenvalue weighted by Gasteiger charge is -2.08. The maximum Gasteiger partial charge on any atom is 0.277 e. The number of thioether (sulfide) groups is 1. The standard InChI is InChI=1S/C16H12Cl2N4O2S/c17-11-2-1-3-12(18)14(11)20-13(23)8-25-16-22-21-15(24-16)9-4-6-10(19)7-5-9/h1-7H,8,19H2,(H,20,23).